The predicted molar refractivity (Wildman–Crippen MR) is 109 cm³/mol. The molecule has 0 unspecified atom stereocenters. The molecule has 0 atom stereocenters. The van der Waals surface area contributed by atoms with E-state index in [9.17, 15) is 29.8 Å². The molecule has 0 radical (unpaired) electrons. The second-order valence-electron chi connectivity index (χ2n) is 6.38. The van der Waals surface area contributed by atoms with Gasteiger partial charge in [-0.3, -0.25) is 25.2 Å². The summed E-state index contributed by atoms with van der Waals surface area (Å²) >= 11 is 0. The number of carbonyl (C=O) groups is 2. The average molecular weight is 437 g/mol. The minimum atomic E-state index is -0.670. The van der Waals surface area contributed by atoms with Crippen LogP contribution in [0.4, 0.5) is 11.4 Å². The average Bonchev–Trinajstić information content (AvgIpc) is 2.81. The molecule has 1 heterocycles. The number of hydrogen-bond donors (Lipinski definition) is 0. The molecule has 0 aliphatic heterocycles. The summed E-state index contributed by atoms with van der Waals surface area (Å²) in [5.74, 6) is -1.34. The maximum Gasteiger partial charge on any atom is 0.338 e. The van der Waals surface area contributed by atoms with Crippen molar-refractivity contribution in [1.29, 1.82) is 0 Å². The minimum absolute atomic E-state index is 0.140. The van der Waals surface area contributed by atoms with E-state index in [1.54, 1.807) is 18.2 Å². The number of ether oxygens (including phenoxy) is 2. The number of benzene rings is 2. The first-order valence-corrected chi connectivity index (χ1v) is 9.11. The first kappa shape index (κ1) is 22.0. The Morgan fingerprint density at radius 1 is 0.688 bits per heavy atom. The van der Waals surface area contributed by atoms with Gasteiger partial charge in [0.25, 0.3) is 11.4 Å². The standard InChI is InChI=1S/C21H15N3O8/c25-20(14-4-8-18(9-5-14)23(27)28)31-12-16-2-1-3-17(22-16)13-32-21(26)15-6-10-19(11-7-15)24(29)30/h1-11H,12-13H2. The molecule has 0 fully saturated rings. The van der Waals surface area contributed by atoms with Crippen molar-refractivity contribution in [1.82, 2.24) is 4.98 Å². The predicted octanol–water partition coefficient (Wildman–Crippen LogP) is 3.61. The molecule has 0 aliphatic rings. The Hall–Kier alpha value is -4.67. The highest BCUT2D eigenvalue weighted by Crippen LogP contribution is 2.15. The van der Waals surface area contributed by atoms with E-state index in [1.807, 2.05) is 0 Å². The number of nitro groups is 2. The van der Waals surface area contributed by atoms with Crippen LogP contribution in [0.5, 0.6) is 0 Å². The van der Waals surface area contributed by atoms with Crippen molar-refractivity contribution in [2.24, 2.45) is 0 Å². The third kappa shape index (κ3) is 5.69. The molecule has 2 aromatic carbocycles. The Morgan fingerprint density at radius 2 is 1.06 bits per heavy atom. The topological polar surface area (TPSA) is 152 Å². The highest BCUT2D eigenvalue weighted by molar-refractivity contribution is 5.90. The summed E-state index contributed by atoms with van der Waals surface area (Å²) in [4.78, 5) is 48.6. The fourth-order valence-corrected chi connectivity index (χ4v) is 2.57. The van der Waals surface area contributed by atoms with Gasteiger partial charge in [-0.25, -0.2) is 9.59 Å². The van der Waals surface area contributed by atoms with Crippen LogP contribution in [0.3, 0.4) is 0 Å². The molecule has 3 aromatic rings. The molecule has 32 heavy (non-hydrogen) atoms. The Bertz CT molecular complexity index is 1070. The third-order valence-electron chi connectivity index (χ3n) is 4.19. The molecule has 0 aliphatic carbocycles. The molecule has 3 rings (SSSR count). The third-order valence-corrected chi connectivity index (χ3v) is 4.19. The number of carbonyl (C=O) groups excluding carboxylic acids is 2. The number of nitro benzene ring substituents is 2. The van der Waals surface area contributed by atoms with Crippen LogP contribution in [0.15, 0.2) is 66.7 Å². The van der Waals surface area contributed by atoms with E-state index < -0.39 is 21.8 Å². The summed E-state index contributed by atoms with van der Waals surface area (Å²) in [7, 11) is 0. The van der Waals surface area contributed by atoms with E-state index in [-0.39, 0.29) is 35.7 Å². The van der Waals surface area contributed by atoms with Crippen LogP contribution in [0.2, 0.25) is 0 Å². The second-order valence-corrected chi connectivity index (χ2v) is 6.38. The van der Waals surface area contributed by atoms with Gasteiger partial charge < -0.3 is 9.47 Å². The Morgan fingerprint density at radius 3 is 1.41 bits per heavy atom. The fraction of sp³-hybridized carbons (Fsp3) is 0.0952. The molecular weight excluding hydrogens is 422 g/mol. The van der Waals surface area contributed by atoms with Gasteiger partial charge in [-0.1, -0.05) is 6.07 Å². The zero-order valence-electron chi connectivity index (χ0n) is 16.4. The summed E-state index contributed by atoms with van der Waals surface area (Å²) in [6.45, 7) is -0.306. The van der Waals surface area contributed by atoms with Crippen LogP contribution in [-0.2, 0) is 22.7 Å². The quantitative estimate of drug-likeness (QED) is 0.292. The van der Waals surface area contributed by atoms with E-state index in [2.05, 4.69) is 4.98 Å². The van der Waals surface area contributed by atoms with E-state index in [4.69, 9.17) is 9.47 Å². The molecular formula is C21H15N3O8. The molecule has 0 saturated carbocycles. The number of hydrogen-bond acceptors (Lipinski definition) is 9. The molecule has 11 nitrogen and oxygen atoms in total. The van der Waals surface area contributed by atoms with Gasteiger partial charge in [0, 0.05) is 24.3 Å². The number of rotatable bonds is 8. The Kier molecular flexibility index (Phi) is 6.81. The van der Waals surface area contributed by atoms with E-state index in [0.29, 0.717) is 11.4 Å². The van der Waals surface area contributed by atoms with Gasteiger partial charge in [0.05, 0.1) is 32.4 Å². The van der Waals surface area contributed by atoms with Gasteiger partial charge >= 0.3 is 11.9 Å². The van der Waals surface area contributed by atoms with E-state index in [0.717, 1.165) is 0 Å². The van der Waals surface area contributed by atoms with E-state index >= 15 is 0 Å². The number of pyridine rings is 1. The van der Waals surface area contributed by atoms with E-state index in [1.165, 1.54) is 48.5 Å². The van der Waals surface area contributed by atoms with Crippen molar-refractivity contribution in [2.75, 3.05) is 0 Å². The molecule has 162 valence electrons. The van der Waals surface area contributed by atoms with Gasteiger partial charge in [0.1, 0.15) is 13.2 Å². The lowest BCUT2D eigenvalue weighted by atomic mass is 10.2. The summed E-state index contributed by atoms with van der Waals surface area (Å²) in [6.07, 6.45) is 0. The minimum Gasteiger partial charge on any atom is -0.456 e. The van der Waals surface area contributed by atoms with Gasteiger partial charge in [-0.15, -0.1) is 0 Å². The van der Waals surface area contributed by atoms with Gasteiger partial charge in [-0.2, -0.15) is 0 Å². The van der Waals surface area contributed by atoms with Crippen LogP contribution in [0.25, 0.3) is 0 Å². The normalized spacial score (nSPS) is 10.2. The molecule has 11 heteroatoms. The molecule has 0 N–H and O–H groups in total. The van der Waals surface area contributed by atoms with Crippen molar-refractivity contribution < 1.29 is 28.9 Å². The maximum atomic E-state index is 12.1. The molecule has 0 amide bonds. The summed E-state index contributed by atoms with van der Waals surface area (Å²) in [5, 5.41) is 21.3. The lowest BCUT2D eigenvalue weighted by Crippen LogP contribution is -2.09. The Labute approximate surface area is 180 Å². The molecule has 0 bridgehead atoms. The van der Waals surface area contributed by atoms with Crippen molar-refractivity contribution in [3.8, 4) is 0 Å². The van der Waals surface area contributed by atoms with Crippen LogP contribution in [0, 0.1) is 20.2 Å². The van der Waals surface area contributed by atoms with Crippen molar-refractivity contribution in [2.45, 2.75) is 13.2 Å². The summed E-state index contributed by atoms with van der Waals surface area (Å²) in [6, 6.07) is 14.9. The van der Waals surface area contributed by atoms with Crippen LogP contribution in [-0.4, -0.2) is 26.8 Å². The van der Waals surface area contributed by atoms with Crippen LogP contribution >= 0.6 is 0 Å². The zero-order chi connectivity index (χ0) is 23.1. The molecule has 0 spiro atoms. The summed E-state index contributed by atoms with van der Waals surface area (Å²) < 4.78 is 10.3. The number of aromatic nitrogens is 1. The smallest absolute Gasteiger partial charge is 0.338 e. The molecule has 0 saturated heterocycles. The zero-order valence-corrected chi connectivity index (χ0v) is 16.4. The Balaban J connectivity index is 1.54. The van der Waals surface area contributed by atoms with Gasteiger partial charge in [0.2, 0.25) is 0 Å². The lowest BCUT2D eigenvalue weighted by molar-refractivity contribution is -0.385. The lowest BCUT2D eigenvalue weighted by Gasteiger charge is -2.07. The van der Waals surface area contributed by atoms with Crippen molar-refractivity contribution in [3.05, 3.63) is 109 Å². The highest BCUT2D eigenvalue weighted by atomic mass is 16.6. The fourth-order valence-electron chi connectivity index (χ4n) is 2.57. The van der Waals surface area contributed by atoms with Gasteiger partial charge in [0.15, 0.2) is 0 Å². The second kappa shape index (κ2) is 9.89. The SMILES string of the molecule is O=C(OCc1cccc(COC(=O)c2ccc([N+](=O)[O-])cc2)n1)c1ccc([N+](=O)[O-])cc1. The largest absolute Gasteiger partial charge is 0.456 e. The first-order valence-electron chi connectivity index (χ1n) is 9.11. The number of nitrogens with zero attached hydrogens (tertiary/aromatic N) is 3. The maximum absolute atomic E-state index is 12.1. The van der Waals surface area contributed by atoms with Crippen molar-refractivity contribution in [3.63, 3.8) is 0 Å². The van der Waals surface area contributed by atoms with Gasteiger partial charge in [-0.05, 0) is 36.4 Å². The molecule has 1 aromatic heterocycles. The summed E-state index contributed by atoms with van der Waals surface area (Å²) in [5.41, 5.74) is 0.847. The van der Waals surface area contributed by atoms with Crippen molar-refractivity contribution >= 4 is 23.3 Å². The highest BCUT2D eigenvalue weighted by Gasteiger charge is 2.13. The van der Waals surface area contributed by atoms with Crippen LogP contribution < -0.4 is 0 Å². The number of esters is 2. The van der Waals surface area contributed by atoms with Crippen LogP contribution in [0.1, 0.15) is 32.1 Å². The number of non-ortho nitro benzene ring substituents is 2. The monoisotopic (exact) mass is 437 g/mol. The first-order chi connectivity index (χ1) is 15.3.